The standard InChI is InChI=1S/C14H13ClO2S/c1-9-3-4-10(7-13(9)17-2)12(16)8-11-5-6-14(15)18-11/h3-7H,8H2,1-2H3. The van der Waals surface area contributed by atoms with Gasteiger partial charge in [0.25, 0.3) is 0 Å². The Balaban J connectivity index is 2.18. The van der Waals surface area contributed by atoms with Gasteiger partial charge < -0.3 is 4.74 Å². The third kappa shape index (κ3) is 2.92. The Labute approximate surface area is 115 Å². The van der Waals surface area contributed by atoms with Gasteiger partial charge in [-0.2, -0.15) is 0 Å². The molecule has 0 N–H and O–H groups in total. The fraction of sp³-hybridized carbons (Fsp3) is 0.214. The van der Waals surface area contributed by atoms with Gasteiger partial charge in [-0.15, -0.1) is 11.3 Å². The van der Waals surface area contributed by atoms with Gasteiger partial charge in [-0.1, -0.05) is 23.7 Å². The summed E-state index contributed by atoms with van der Waals surface area (Å²) in [6.07, 6.45) is 0.379. The maximum atomic E-state index is 12.1. The molecular formula is C14H13ClO2S. The summed E-state index contributed by atoms with van der Waals surface area (Å²) >= 11 is 7.28. The average Bonchev–Trinajstić information content (AvgIpc) is 2.75. The number of carbonyl (C=O) groups excluding carboxylic acids is 1. The van der Waals surface area contributed by atoms with Crippen molar-refractivity contribution in [3.8, 4) is 5.75 Å². The molecule has 1 aromatic carbocycles. The van der Waals surface area contributed by atoms with E-state index in [9.17, 15) is 4.79 Å². The van der Waals surface area contributed by atoms with Gasteiger partial charge in [0.1, 0.15) is 5.75 Å². The van der Waals surface area contributed by atoms with Crippen molar-refractivity contribution in [3.63, 3.8) is 0 Å². The smallest absolute Gasteiger partial charge is 0.168 e. The summed E-state index contributed by atoms with van der Waals surface area (Å²) in [6.45, 7) is 1.95. The van der Waals surface area contributed by atoms with Crippen molar-refractivity contribution in [3.05, 3.63) is 50.7 Å². The Kier molecular flexibility index (Phi) is 4.04. The van der Waals surface area contributed by atoms with Crippen LogP contribution in [0.3, 0.4) is 0 Å². The van der Waals surface area contributed by atoms with E-state index in [1.807, 2.05) is 31.2 Å². The molecule has 0 saturated heterocycles. The van der Waals surface area contributed by atoms with Crippen molar-refractivity contribution in [2.45, 2.75) is 13.3 Å². The SMILES string of the molecule is COc1cc(C(=O)Cc2ccc(Cl)s2)ccc1C. The highest BCUT2D eigenvalue weighted by atomic mass is 35.5. The Morgan fingerprint density at radius 3 is 2.72 bits per heavy atom. The van der Waals surface area contributed by atoms with Crippen molar-refractivity contribution < 1.29 is 9.53 Å². The number of ketones is 1. The summed E-state index contributed by atoms with van der Waals surface area (Å²) < 4.78 is 5.93. The van der Waals surface area contributed by atoms with Crippen LogP contribution in [0.4, 0.5) is 0 Å². The number of aryl methyl sites for hydroxylation is 1. The molecule has 2 rings (SSSR count). The molecule has 0 bridgehead atoms. The summed E-state index contributed by atoms with van der Waals surface area (Å²) in [5.74, 6) is 0.817. The number of hydrogen-bond donors (Lipinski definition) is 0. The van der Waals surface area contributed by atoms with Gasteiger partial charge in [-0.05, 0) is 30.7 Å². The van der Waals surface area contributed by atoms with Crippen LogP contribution in [0.1, 0.15) is 20.8 Å². The molecule has 0 amide bonds. The Morgan fingerprint density at radius 2 is 2.11 bits per heavy atom. The molecule has 0 radical (unpaired) electrons. The van der Waals surface area contributed by atoms with E-state index in [0.29, 0.717) is 16.3 Å². The van der Waals surface area contributed by atoms with Gasteiger partial charge in [0.2, 0.25) is 0 Å². The Hall–Kier alpha value is -1.32. The van der Waals surface area contributed by atoms with E-state index in [4.69, 9.17) is 16.3 Å². The van der Waals surface area contributed by atoms with Crippen LogP contribution in [-0.2, 0) is 6.42 Å². The van der Waals surface area contributed by atoms with Crippen LogP contribution in [0.2, 0.25) is 4.34 Å². The van der Waals surface area contributed by atoms with Crippen LogP contribution in [-0.4, -0.2) is 12.9 Å². The lowest BCUT2D eigenvalue weighted by Gasteiger charge is -2.06. The van der Waals surface area contributed by atoms with Gasteiger partial charge >= 0.3 is 0 Å². The fourth-order valence-electron chi connectivity index (χ4n) is 1.70. The second kappa shape index (κ2) is 5.55. The number of Topliss-reactive ketones (excluding diaryl/α,β-unsaturated/α-hetero) is 1. The zero-order chi connectivity index (χ0) is 13.1. The van der Waals surface area contributed by atoms with E-state index < -0.39 is 0 Å². The number of methoxy groups -OCH3 is 1. The largest absolute Gasteiger partial charge is 0.496 e. The van der Waals surface area contributed by atoms with E-state index in [2.05, 4.69) is 0 Å². The molecule has 0 fully saturated rings. The minimum Gasteiger partial charge on any atom is -0.496 e. The average molecular weight is 281 g/mol. The quantitative estimate of drug-likeness (QED) is 0.787. The van der Waals surface area contributed by atoms with Crippen LogP contribution < -0.4 is 4.74 Å². The molecule has 1 heterocycles. The monoisotopic (exact) mass is 280 g/mol. The third-order valence-corrected chi connectivity index (χ3v) is 3.92. The fourth-order valence-corrected chi connectivity index (χ4v) is 2.79. The van der Waals surface area contributed by atoms with Gasteiger partial charge in [0.15, 0.2) is 5.78 Å². The van der Waals surface area contributed by atoms with Gasteiger partial charge in [0.05, 0.1) is 11.4 Å². The third-order valence-electron chi connectivity index (χ3n) is 2.69. The molecule has 18 heavy (non-hydrogen) atoms. The van der Waals surface area contributed by atoms with Gasteiger partial charge in [-0.3, -0.25) is 4.79 Å². The van der Waals surface area contributed by atoms with Gasteiger partial charge in [0, 0.05) is 16.9 Å². The summed E-state index contributed by atoms with van der Waals surface area (Å²) in [6, 6.07) is 9.20. The van der Waals surface area contributed by atoms with Gasteiger partial charge in [-0.25, -0.2) is 0 Å². The first-order valence-electron chi connectivity index (χ1n) is 5.52. The molecule has 0 unspecified atom stereocenters. The zero-order valence-electron chi connectivity index (χ0n) is 10.2. The van der Waals surface area contributed by atoms with E-state index in [1.54, 1.807) is 13.2 Å². The molecule has 1 aromatic heterocycles. The van der Waals surface area contributed by atoms with E-state index in [-0.39, 0.29) is 5.78 Å². The molecular weight excluding hydrogens is 268 g/mol. The van der Waals surface area contributed by atoms with Crippen LogP contribution in [0.5, 0.6) is 5.75 Å². The number of rotatable bonds is 4. The highest BCUT2D eigenvalue weighted by Crippen LogP contribution is 2.24. The highest BCUT2D eigenvalue weighted by Gasteiger charge is 2.10. The van der Waals surface area contributed by atoms with E-state index >= 15 is 0 Å². The summed E-state index contributed by atoms with van der Waals surface area (Å²) in [7, 11) is 1.61. The van der Waals surface area contributed by atoms with E-state index in [0.717, 1.165) is 16.2 Å². The topological polar surface area (TPSA) is 26.3 Å². The zero-order valence-corrected chi connectivity index (χ0v) is 11.8. The highest BCUT2D eigenvalue weighted by molar-refractivity contribution is 7.16. The molecule has 4 heteroatoms. The lowest BCUT2D eigenvalue weighted by Crippen LogP contribution is -2.03. The summed E-state index contributed by atoms with van der Waals surface area (Å²) in [5.41, 5.74) is 1.69. The number of benzene rings is 1. The van der Waals surface area contributed by atoms with Crippen LogP contribution in [0.15, 0.2) is 30.3 Å². The first-order valence-corrected chi connectivity index (χ1v) is 6.71. The molecule has 0 aliphatic carbocycles. The number of hydrogen-bond acceptors (Lipinski definition) is 3. The number of carbonyl (C=O) groups is 1. The van der Waals surface area contributed by atoms with Crippen molar-refractivity contribution >= 4 is 28.7 Å². The van der Waals surface area contributed by atoms with Crippen molar-refractivity contribution in [1.82, 2.24) is 0 Å². The van der Waals surface area contributed by atoms with Crippen LogP contribution in [0, 0.1) is 6.92 Å². The molecule has 0 spiro atoms. The predicted molar refractivity (Wildman–Crippen MR) is 75.1 cm³/mol. The molecule has 2 nitrogen and oxygen atoms in total. The van der Waals surface area contributed by atoms with Crippen molar-refractivity contribution in [1.29, 1.82) is 0 Å². The maximum Gasteiger partial charge on any atom is 0.168 e. The summed E-state index contributed by atoms with van der Waals surface area (Å²) in [4.78, 5) is 13.1. The van der Waals surface area contributed by atoms with Crippen LogP contribution in [0.25, 0.3) is 0 Å². The Bertz CT molecular complexity index is 575. The minimum atomic E-state index is 0.0758. The van der Waals surface area contributed by atoms with E-state index in [1.165, 1.54) is 11.3 Å². The first-order chi connectivity index (χ1) is 8.60. The predicted octanol–water partition coefficient (Wildman–Crippen LogP) is 4.14. The molecule has 94 valence electrons. The number of ether oxygens (including phenoxy) is 1. The number of halogens is 1. The van der Waals surface area contributed by atoms with Crippen LogP contribution >= 0.6 is 22.9 Å². The minimum absolute atomic E-state index is 0.0758. The maximum absolute atomic E-state index is 12.1. The molecule has 2 aromatic rings. The lowest BCUT2D eigenvalue weighted by molar-refractivity contribution is 0.0993. The summed E-state index contributed by atoms with van der Waals surface area (Å²) in [5, 5.41) is 0. The van der Waals surface area contributed by atoms with Crippen molar-refractivity contribution in [2.24, 2.45) is 0 Å². The first kappa shape index (κ1) is 13.1. The Morgan fingerprint density at radius 1 is 1.33 bits per heavy atom. The second-order valence-electron chi connectivity index (χ2n) is 3.99. The molecule has 0 aliphatic heterocycles. The van der Waals surface area contributed by atoms with Crippen molar-refractivity contribution in [2.75, 3.05) is 7.11 Å². The normalized spacial score (nSPS) is 10.4. The number of thiophene rings is 1. The second-order valence-corrected chi connectivity index (χ2v) is 5.79. The molecule has 0 saturated carbocycles. The lowest BCUT2D eigenvalue weighted by atomic mass is 10.1. The molecule has 0 atom stereocenters. The molecule has 0 aliphatic rings.